The largest absolute Gasteiger partial charge is 0.355 e. The molecule has 1 aromatic carbocycles. The number of fused-ring (bicyclic) bond motifs is 1. The zero-order valence-electron chi connectivity index (χ0n) is 13.0. The molecule has 2 aromatic heterocycles. The standard InChI is InChI=1S/C17H17FN4OS/c18-13-6-2-5-12(9-13)15-20-17-22(21-15)14(10-24-17)7-8-19-16(23)11-3-1-4-11/h2,5-6,9-11H,1,3-4,7-8H2,(H,19,23). The van der Waals surface area contributed by atoms with Crippen molar-refractivity contribution < 1.29 is 9.18 Å². The number of aromatic nitrogens is 3. The van der Waals surface area contributed by atoms with Crippen LogP contribution in [0.5, 0.6) is 0 Å². The second kappa shape index (κ2) is 6.32. The Balaban J connectivity index is 1.47. The molecule has 1 saturated carbocycles. The highest BCUT2D eigenvalue weighted by molar-refractivity contribution is 7.15. The molecule has 24 heavy (non-hydrogen) atoms. The second-order valence-electron chi connectivity index (χ2n) is 6.04. The molecule has 2 heterocycles. The number of carbonyl (C=O) groups excluding carboxylic acids is 1. The maximum Gasteiger partial charge on any atom is 0.223 e. The molecule has 0 spiro atoms. The molecule has 0 aliphatic heterocycles. The normalized spacial score (nSPS) is 14.7. The zero-order chi connectivity index (χ0) is 16.5. The third-order valence-electron chi connectivity index (χ3n) is 4.39. The first-order chi connectivity index (χ1) is 11.7. The number of hydrogen-bond acceptors (Lipinski definition) is 4. The Morgan fingerprint density at radius 3 is 3.04 bits per heavy atom. The maximum absolute atomic E-state index is 13.4. The van der Waals surface area contributed by atoms with Crippen molar-refractivity contribution in [3.05, 3.63) is 41.2 Å². The van der Waals surface area contributed by atoms with E-state index >= 15 is 0 Å². The predicted octanol–water partition coefficient (Wildman–Crippen LogP) is 3.06. The lowest BCUT2D eigenvalue weighted by atomic mass is 9.85. The van der Waals surface area contributed by atoms with Crippen LogP contribution >= 0.6 is 11.3 Å². The van der Waals surface area contributed by atoms with Crippen LogP contribution in [0.25, 0.3) is 16.3 Å². The number of rotatable bonds is 5. The number of benzene rings is 1. The quantitative estimate of drug-likeness (QED) is 0.774. The fraction of sp³-hybridized carbons (Fsp3) is 0.353. The Morgan fingerprint density at radius 1 is 1.42 bits per heavy atom. The van der Waals surface area contributed by atoms with Crippen molar-refractivity contribution in [1.29, 1.82) is 0 Å². The monoisotopic (exact) mass is 344 g/mol. The van der Waals surface area contributed by atoms with E-state index in [4.69, 9.17) is 0 Å². The van der Waals surface area contributed by atoms with E-state index in [1.54, 1.807) is 16.6 Å². The average molecular weight is 344 g/mol. The van der Waals surface area contributed by atoms with Crippen molar-refractivity contribution in [3.63, 3.8) is 0 Å². The summed E-state index contributed by atoms with van der Waals surface area (Å²) < 4.78 is 15.1. The summed E-state index contributed by atoms with van der Waals surface area (Å²) in [5.74, 6) is 0.580. The first-order valence-electron chi connectivity index (χ1n) is 8.07. The summed E-state index contributed by atoms with van der Waals surface area (Å²) in [6.45, 7) is 0.594. The molecule has 5 nitrogen and oxygen atoms in total. The minimum atomic E-state index is -0.301. The van der Waals surface area contributed by atoms with Crippen LogP contribution in [0.15, 0.2) is 29.6 Å². The Morgan fingerprint density at radius 2 is 2.29 bits per heavy atom. The van der Waals surface area contributed by atoms with Gasteiger partial charge in [0.15, 0.2) is 5.82 Å². The first-order valence-corrected chi connectivity index (χ1v) is 8.95. The molecule has 3 aromatic rings. The van der Waals surface area contributed by atoms with E-state index in [1.807, 2.05) is 5.38 Å². The van der Waals surface area contributed by atoms with Crippen LogP contribution in [0.1, 0.15) is 25.0 Å². The Kier molecular flexibility index (Phi) is 4.02. The summed E-state index contributed by atoms with van der Waals surface area (Å²) in [4.78, 5) is 17.1. The van der Waals surface area contributed by atoms with Gasteiger partial charge in [-0.1, -0.05) is 18.6 Å². The van der Waals surface area contributed by atoms with Crippen LogP contribution in [-0.4, -0.2) is 27.0 Å². The zero-order valence-corrected chi connectivity index (χ0v) is 13.9. The lowest BCUT2D eigenvalue weighted by Crippen LogP contribution is -2.35. The van der Waals surface area contributed by atoms with Crippen LogP contribution in [0, 0.1) is 11.7 Å². The van der Waals surface area contributed by atoms with Gasteiger partial charge in [-0.3, -0.25) is 4.79 Å². The van der Waals surface area contributed by atoms with Gasteiger partial charge >= 0.3 is 0 Å². The number of hydrogen-bond donors (Lipinski definition) is 1. The van der Waals surface area contributed by atoms with Crippen molar-refractivity contribution >= 4 is 22.2 Å². The third-order valence-corrected chi connectivity index (χ3v) is 5.25. The van der Waals surface area contributed by atoms with E-state index in [2.05, 4.69) is 15.4 Å². The molecule has 1 aliphatic rings. The summed E-state index contributed by atoms with van der Waals surface area (Å²) >= 11 is 1.50. The molecule has 0 atom stereocenters. The van der Waals surface area contributed by atoms with Gasteiger partial charge in [0.1, 0.15) is 5.82 Å². The highest BCUT2D eigenvalue weighted by Crippen LogP contribution is 2.26. The highest BCUT2D eigenvalue weighted by atomic mass is 32.1. The molecule has 0 bridgehead atoms. The van der Waals surface area contributed by atoms with E-state index in [9.17, 15) is 9.18 Å². The minimum absolute atomic E-state index is 0.159. The van der Waals surface area contributed by atoms with Gasteiger partial charge in [0.05, 0.1) is 5.69 Å². The molecule has 1 aliphatic carbocycles. The molecule has 1 N–H and O–H groups in total. The summed E-state index contributed by atoms with van der Waals surface area (Å²) in [5.41, 5.74) is 1.66. The lowest BCUT2D eigenvalue weighted by molar-refractivity contribution is -0.127. The predicted molar refractivity (Wildman–Crippen MR) is 90.3 cm³/mol. The highest BCUT2D eigenvalue weighted by Gasteiger charge is 2.24. The van der Waals surface area contributed by atoms with Gasteiger partial charge in [0.2, 0.25) is 10.9 Å². The van der Waals surface area contributed by atoms with Crippen LogP contribution in [-0.2, 0) is 11.2 Å². The Labute approximate surface area is 142 Å². The summed E-state index contributed by atoms with van der Waals surface area (Å²) in [7, 11) is 0. The number of carbonyl (C=O) groups is 1. The van der Waals surface area contributed by atoms with Crippen molar-refractivity contribution in [2.24, 2.45) is 5.92 Å². The molecular formula is C17H17FN4OS. The third kappa shape index (κ3) is 2.91. The molecule has 0 saturated heterocycles. The van der Waals surface area contributed by atoms with Gasteiger partial charge < -0.3 is 5.32 Å². The van der Waals surface area contributed by atoms with E-state index in [-0.39, 0.29) is 17.6 Å². The molecular weight excluding hydrogens is 327 g/mol. The maximum atomic E-state index is 13.4. The molecule has 0 radical (unpaired) electrons. The van der Waals surface area contributed by atoms with Gasteiger partial charge in [0, 0.05) is 29.8 Å². The average Bonchev–Trinajstić information content (AvgIpc) is 3.07. The second-order valence-corrected chi connectivity index (χ2v) is 6.87. The molecule has 0 unspecified atom stereocenters. The van der Waals surface area contributed by atoms with E-state index < -0.39 is 0 Å². The van der Waals surface area contributed by atoms with Crippen molar-refractivity contribution in [2.45, 2.75) is 25.7 Å². The number of halogens is 1. The Hall–Kier alpha value is -2.28. The number of nitrogens with zero attached hydrogens (tertiary/aromatic N) is 3. The fourth-order valence-electron chi connectivity index (χ4n) is 2.78. The van der Waals surface area contributed by atoms with Gasteiger partial charge in [-0.15, -0.1) is 16.4 Å². The fourth-order valence-corrected chi connectivity index (χ4v) is 3.63. The Bertz CT molecular complexity index is 884. The van der Waals surface area contributed by atoms with Gasteiger partial charge in [0.25, 0.3) is 0 Å². The van der Waals surface area contributed by atoms with Gasteiger partial charge in [-0.2, -0.15) is 4.98 Å². The van der Waals surface area contributed by atoms with Crippen molar-refractivity contribution in [3.8, 4) is 11.4 Å². The van der Waals surface area contributed by atoms with Crippen LogP contribution in [0.3, 0.4) is 0 Å². The van der Waals surface area contributed by atoms with Gasteiger partial charge in [-0.25, -0.2) is 8.91 Å². The smallest absolute Gasteiger partial charge is 0.223 e. The summed E-state index contributed by atoms with van der Waals surface area (Å²) in [6, 6.07) is 6.27. The van der Waals surface area contributed by atoms with Crippen LogP contribution in [0.4, 0.5) is 4.39 Å². The number of amides is 1. The first kappa shape index (κ1) is 15.3. The minimum Gasteiger partial charge on any atom is -0.355 e. The molecule has 1 fully saturated rings. The van der Waals surface area contributed by atoms with E-state index in [1.165, 1.54) is 23.5 Å². The summed E-state index contributed by atoms with van der Waals surface area (Å²) in [5, 5.41) is 9.47. The lowest BCUT2D eigenvalue weighted by Gasteiger charge is -2.23. The number of thiazole rings is 1. The number of nitrogens with one attached hydrogen (secondary N) is 1. The molecule has 1 amide bonds. The topological polar surface area (TPSA) is 59.3 Å². The van der Waals surface area contributed by atoms with Crippen molar-refractivity contribution in [1.82, 2.24) is 19.9 Å². The summed E-state index contributed by atoms with van der Waals surface area (Å²) in [6.07, 6.45) is 3.87. The van der Waals surface area contributed by atoms with Crippen LogP contribution < -0.4 is 5.32 Å². The van der Waals surface area contributed by atoms with Gasteiger partial charge in [-0.05, 0) is 25.0 Å². The van der Waals surface area contributed by atoms with Crippen LogP contribution in [0.2, 0.25) is 0 Å². The van der Waals surface area contributed by atoms with Crippen molar-refractivity contribution in [2.75, 3.05) is 6.54 Å². The molecule has 7 heteroatoms. The molecule has 4 rings (SSSR count). The van der Waals surface area contributed by atoms with E-state index in [0.717, 1.165) is 29.9 Å². The SMILES string of the molecule is O=C(NCCc1csc2nc(-c3cccc(F)c3)nn12)C1CCC1. The molecule has 124 valence electrons. The van der Waals surface area contributed by atoms with E-state index in [0.29, 0.717) is 24.4 Å².